The molecule has 8 nitrogen and oxygen atoms in total. The van der Waals surface area contributed by atoms with Gasteiger partial charge in [-0.3, -0.25) is 14.9 Å². The molecular weight excluding hydrogens is 414 g/mol. The number of hydrogen-bond acceptors (Lipinski definition) is 6. The second-order valence-corrected chi connectivity index (χ2v) is 7.25. The number of aromatic amines is 1. The summed E-state index contributed by atoms with van der Waals surface area (Å²) in [7, 11) is 0. The van der Waals surface area contributed by atoms with Crippen molar-refractivity contribution in [2.75, 3.05) is 10.6 Å². The summed E-state index contributed by atoms with van der Waals surface area (Å²) in [6, 6.07) is 16.7. The normalized spacial score (nSPS) is 10.5. The maximum Gasteiger partial charge on any atom is 0.253 e. The van der Waals surface area contributed by atoms with Gasteiger partial charge < -0.3 is 16.0 Å². The van der Waals surface area contributed by atoms with Crippen molar-refractivity contribution in [3.8, 4) is 0 Å². The van der Waals surface area contributed by atoms with E-state index < -0.39 is 0 Å². The molecule has 0 radical (unpaired) electrons. The van der Waals surface area contributed by atoms with Crippen LogP contribution in [0.15, 0.2) is 67.0 Å². The molecule has 0 saturated carbocycles. The second kappa shape index (κ2) is 9.27. The lowest BCUT2D eigenvalue weighted by molar-refractivity contribution is 0.0951. The highest BCUT2D eigenvalue weighted by Gasteiger charge is 2.12. The number of anilines is 4. The average molecular weight is 434 g/mol. The molecule has 4 N–H and O–H groups in total. The quantitative estimate of drug-likeness (QED) is 0.340. The molecule has 1 amide bonds. The van der Waals surface area contributed by atoms with E-state index >= 15 is 0 Å². The standard InChI is InChI=1S/C22H20ClN7O/c1-14-9-19(30-29-14)27-21-13-24-12-20(28-21)26-16-7-8-18(23)17(10-16)22(31)25-11-15-5-3-2-4-6-15/h2-10,12-13H,11H2,1H3,(H,25,31)(H3,26,27,28,29,30). The van der Waals surface area contributed by atoms with Crippen LogP contribution in [0.5, 0.6) is 0 Å². The Morgan fingerprint density at radius 1 is 1.00 bits per heavy atom. The fourth-order valence-electron chi connectivity index (χ4n) is 2.90. The van der Waals surface area contributed by atoms with Gasteiger partial charge in [-0.25, -0.2) is 4.98 Å². The first-order valence-corrected chi connectivity index (χ1v) is 9.94. The van der Waals surface area contributed by atoms with Crippen LogP contribution in [0.3, 0.4) is 0 Å². The number of carbonyl (C=O) groups is 1. The van der Waals surface area contributed by atoms with Gasteiger partial charge in [0.15, 0.2) is 17.5 Å². The summed E-state index contributed by atoms with van der Waals surface area (Å²) in [6.45, 7) is 2.33. The Kier molecular flexibility index (Phi) is 6.09. The largest absolute Gasteiger partial charge is 0.348 e. The smallest absolute Gasteiger partial charge is 0.253 e. The molecule has 31 heavy (non-hydrogen) atoms. The first kappa shape index (κ1) is 20.4. The third kappa shape index (κ3) is 5.37. The molecule has 2 aromatic carbocycles. The summed E-state index contributed by atoms with van der Waals surface area (Å²) in [6.07, 6.45) is 3.18. The average Bonchev–Trinajstić information content (AvgIpc) is 3.19. The molecule has 9 heteroatoms. The lowest BCUT2D eigenvalue weighted by Crippen LogP contribution is -2.23. The Morgan fingerprint density at radius 2 is 1.77 bits per heavy atom. The summed E-state index contributed by atoms with van der Waals surface area (Å²) in [5, 5.41) is 16.5. The number of benzene rings is 2. The van der Waals surface area contributed by atoms with E-state index in [4.69, 9.17) is 11.6 Å². The van der Waals surface area contributed by atoms with Crippen LogP contribution in [0, 0.1) is 6.92 Å². The molecule has 0 aliphatic rings. The van der Waals surface area contributed by atoms with E-state index in [0.717, 1.165) is 11.3 Å². The fourth-order valence-corrected chi connectivity index (χ4v) is 3.10. The van der Waals surface area contributed by atoms with E-state index in [1.807, 2.05) is 43.3 Å². The molecule has 0 aliphatic heterocycles. The van der Waals surface area contributed by atoms with E-state index in [0.29, 0.717) is 40.3 Å². The first-order chi connectivity index (χ1) is 15.1. The molecule has 2 heterocycles. The summed E-state index contributed by atoms with van der Waals surface area (Å²) in [5.74, 6) is 1.43. The molecule has 0 atom stereocenters. The van der Waals surface area contributed by atoms with Crippen LogP contribution in [0.25, 0.3) is 0 Å². The summed E-state index contributed by atoms with van der Waals surface area (Å²) >= 11 is 6.26. The molecule has 2 aromatic heterocycles. The Bertz CT molecular complexity index is 1190. The van der Waals surface area contributed by atoms with Crippen LogP contribution < -0.4 is 16.0 Å². The highest BCUT2D eigenvalue weighted by atomic mass is 35.5. The second-order valence-electron chi connectivity index (χ2n) is 6.84. The molecule has 0 saturated heterocycles. The molecule has 0 spiro atoms. The van der Waals surface area contributed by atoms with Crippen molar-refractivity contribution in [3.05, 3.63) is 88.8 Å². The number of amides is 1. The zero-order valence-corrected chi connectivity index (χ0v) is 17.4. The Hall–Kier alpha value is -3.91. The molecule has 0 bridgehead atoms. The van der Waals surface area contributed by atoms with Crippen LogP contribution in [-0.2, 0) is 6.54 Å². The molecule has 0 fully saturated rings. The van der Waals surface area contributed by atoms with Crippen molar-refractivity contribution < 1.29 is 4.79 Å². The maximum atomic E-state index is 12.6. The third-order valence-corrected chi connectivity index (χ3v) is 4.71. The number of H-pyrrole nitrogens is 1. The minimum Gasteiger partial charge on any atom is -0.348 e. The monoisotopic (exact) mass is 433 g/mol. The van der Waals surface area contributed by atoms with Gasteiger partial charge in [0, 0.05) is 24.0 Å². The number of aromatic nitrogens is 4. The van der Waals surface area contributed by atoms with Gasteiger partial charge in [0.25, 0.3) is 5.91 Å². The minimum atomic E-state index is -0.257. The van der Waals surface area contributed by atoms with Crippen molar-refractivity contribution in [2.24, 2.45) is 0 Å². The maximum absolute atomic E-state index is 12.6. The molecule has 0 unspecified atom stereocenters. The SMILES string of the molecule is Cc1cc(Nc2cncc(Nc3ccc(Cl)c(C(=O)NCc4ccccc4)c3)n2)n[nH]1. The van der Waals surface area contributed by atoms with Gasteiger partial charge in [-0.05, 0) is 30.7 Å². The number of rotatable bonds is 7. The molecule has 0 aliphatic carbocycles. The van der Waals surface area contributed by atoms with E-state index in [1.54, 1.807) is 30.6 Å². The van der Waals surface area contributed by atoms with Gasteiger partial charge in [-0.2, -0.15) is 5.10 Å². The van der Waals surface area contributed by atoms with E-state index in [2.05, 4.69) is 36.1 Å². The zero-order valence-electron chi connectivity index (χ0n) is 16.7. The Morgan fingerprint density at radius 3 is 2.52 bits per heavy atom. The Balaban J connectivity index is 1.45. The number of hydrogen-bond donors (Lipinski definition) is 4. The van der Waals surface area contributed by atoms with Gasteiger partial charge in [-0.1, -0.05) is 41.9 Å². The van der Waals surface area contributed by atoms with Crippen molar-refractivity contribution in [1.29, 1.82) is 0 Å². The first-order valence-electron chi connectivity index (χ1n) is 9.56. The number of aryl methyl sites for hydroxylation is 1. The molecule has 4 aromatic rings. The van der Waals surface area contributed by atoms with Crippen LogP contribution in [0.2, 0.25) is 5.02 Å². The predicted octanol–water partition coefficient (Wildman–Crippen LogP) is 4.58. The fraction of sp³-hybridized carbons (Fsp3) is 0.0909. The third-order valence-electron chi connectivity index (χ3n) is 4.38. The highest BCUT2D eigenvalue weighted by Crippen LogP contribution is 2.23. The summed E-state index contributed by atoms with van der Waals surface area (Å²) in [4.78, 5) is 21.3. The number of nitrogens with one attached hydrogen (secondary N) is 4. The van der Waals surface area contributed by atoms with Crippen LogP contribution in [0.4, 0.5) is 23.1 Å². The minimum absolute atomic E-state index is 0.257. The lowest BCUT2D eigenvalue weighted by Gasteiger charge is -2.11. The topological polar surface area (TPSA) is 108 Å². The van der Waals surface area contributed by atoms with Crippen LogP contribution >= 0.6 is 11.6 Å². The van der Waals surface area contributed by atoms with E-state index in [1.165, 1.54) is 0 Å². The number of carbonyl (C=O) groups excluding carboxylic acids is 1. The highest BCUT2D eigenvalue weighted by molar-refractivity contribution is 6.34. The van der Waals surface area contributed by atoms with Gasteiger partial charge >= 0.3 is 0 Å². The van der Waals surface area contributed by atoms with E-state index in [9.17, 15) is 4.79 Å². The van der Waals surface area contributed by atoms with Gasteiger partial charge in [-0.15, -0.1) is 0 Å². The van der Waals surface area contributed by atoms with Crippen molar-refractivity contribution in [3.63, 3.8) is 0 Å². The van der Waals surface area contributed by atoms with Crippen LogP contribution in [0.1, 0.15) is 21.6 Å². The summed E-state index contributed by atoms with van der Waals surface area (Å²) in [5.41, 5.74) is 2.98. The van der Waals surface area contributed by atoms with Gasteiger partial charge in [0.2, 0.25) is 0 Å². The summed E-state index contributed by atoms with van der Waals surface area (Å²) < 4.78 is 0. The zero-order chi connectivity index (χ0) is 21.6. The van der Waals surface area contributed by atoms with Gasteiger partial charge in [0.05, 0.1) is 23.0 Å². The lowest BCUT2D eigenvalue weighted by atomic mass is 10.1. The Labute approximate surface area is 184 Å². The van der Waals surface area contributed by atoms with Gasteiger partial charge in [0.1, 0.15) is 0 Å². The van der Waals surface area contributed by atoms with Crippen molar-refractivity contribution in [1.82, 2.24) is 25.5 Å². The molecule has 4 rings (SSSR count). The van der Waals surface area contributed by atoms with Crippen molar-refractivity contribution >= 4 is 40.6 Å². The molecular formula is C22H20ClN7O. The predicted molar refractivity (Wildman–Crippen MR) is 121 cm³/mol. The molecule has 156 valence electrons. The number of nitrogens with zero attached hydrogens (tertiary/aromatic N) is 3. The number of halogens is 1. The van der Waals surface area contributed by atoms with E-state index in [-0.39, 0.29) is 5.91 Å². The van der Waals surface area contributed by atoms with Crippen LogP contribution in [-0.4, -0.2) is 26.1 Å². The van der Waals surface area contributed by atoms with Crippen molar-refractivity contribution in [2.45, 2.75) is 13.5 Å².